The van der Waals surface area contributed by atoms with Gasteiger partial charge in [-0.25, -0.2) is 0 Å². The first-order valence-corrected chi connectivity index (χ1v) is 7.38. The molecule has 0 spiro atoms. The van der Waals surface area contributed by atoms with Gasteiger partial charge in [-0.2, -0.15) is 0 Å². The maximum atomic E-state index is 12.1. The molecule has 1 unspecified atom stereocenters. The average molecular weight is 290 g/mol. The molecule has 1 aliphatic rings. The summed E-state index contributed by atoms with van der Waals surface area (Å²) in [4.78, 5) is 24.7. The van der Waals surface area contributed by atoms with E-state index in [4.69, 9.17) is 5.11 Å². The van der Waals surface area contributed by atoms with Gasteiger partial charge >= 0.3 is 5.97 Å². The van der Waals surface area contributed by atoms with Crippen molar-refractivity contribution in [2.75, 3.05) is 13.1 Å². The Morgan fingerprint density at radius 2 is 1.76 bits per heavy atom. The number of carbonyl (C=O) groups is 2. The predicted molar refractivity (Wildman–Crippen MR) is 79.9 cm³/mol. The van der Waals surface area contributed by atoms with E-state index in [9.17, 15) is 9.59 Å². The summed E-state index contributed by atoms with van der Waals surface area (Å²) in [6.45, 7) is 4.23. The summed E-state index contributed by atoms with van der Waals surface area (Å²) in [6.07, 6.45) is 2.24. The lowest BCUT2D eigenvalue weighted by molar-refractivity contribution is -0.136. The summed E-state index contributed by atoms with van der Waals surface area (Å²) in [5.74, 6) is -0.666. The van der Waals surface area contributed by atoms with Gasteiger partial charge in [-0.05, 0) is 30.9 Å². The number of nitrogens with zero attached hydrogens (tertiary/aromatic N) is 1. The van der Waals surface area contributed by atoms with Crippen LogP contribution in [-0.2, 0) is 22.6 Å². The van der Waals surface area contributed by atoms with Crippen LogP contribution in [0.2, 0.25) is 0 Å². The second-order valence-electron chi connectivity index (χ2n) is 5.52. The second-order valence-corrected chi connectivity index (χ2v) is 5.52. The first-order chi connectivity index (χ1) is 10.1. The summed E-state index contributed by atoms with van der Waals surface area (Å²) in [6, 6.07) is 7.24. The third-order valence-electron chi connectivity index (χ3n) is 3.78. The van der Waals surface area contributed by atoms with Crippen LogP contribution in [0.1, 0.15) is 30.9 Å². The Hall–Kier alpha value is -1.88. The highest BCUT2D eigenvalue weighted by Crippen LogP contribution is 2.10. The number of carbonyl (C=O) groups excluding carboxylic acids is 1. The maximum Gasteiger partial charge on any atom is 0.307 e. The number of hydrogen-bond acceptors (Lipinski definition) is 3. The molecule has 1 aromatic rings. The summed E-state index contributed by atoms with van der Waals surface area (Å²) in [7, 11) is 0. The molecular formula is C16H22N2O3. The molecule has 5 heteroatoms. The Morgan fingerprint density at radius 1 is 1.19 bits per heavy atom. The van der Waals surface area contributed by atoms with E-state index in [1.165, 1.54) is 0 Å². The van der Waals surface area contributed by atoms with Gasteiger partial charge in [0, 0.05) is 19.6 Å². The minimum absolute atomic E-state index is 0.0392. The summed E-state index contributed by atoms with van der Waals surface area (Å²) >= 11 is 0. The molecule has 1 aromatic carbocycles. The standard InChI is InChI=1S/C16H22N2O3/c1-12(16(21)18-8-2-3-9-18)17-11-14-6-4-13(5-7-14)10-15(19)20/h4-7,12,17H,2-3,8-11H2,1H3,(H,19,20). The van der Waals surface area contributed by atoms with Gasteiger partial charge in [0.15, 0.2) is 0 Å². The highest BCUT2D eigenvalue weighted by molar-refractivity contribution is 5.81. The fraction of sp³-hybridized carbons (Fsp3) is 0.500. The van der Waals surface area contributed by atoms with Gasteiger partial charge in [0.1, 0.15) is 0 Å². The van der Waals surface area contributed by atoms with Gasteiger partial charge in [-0.1, -0.05) is 24.3 Å². The Kier molecular flexibility index (Phi) is 5.33. The Morgan fingerprint density at radius 3 is 2.33 bits per heavy atom. The van der Waals surface area contributed by atoms with Crippen LogP contribution in [0.5, 0.6) is 0 Å². The fourth-order valence-electron chi connectivity index (χ4n) is 2.52. The number of likely N-dealkylation sites (tertiary alicyclic amines) is 1. The molecule has 1 amide bonds. The van der Waals surface area contributed by atoms with Crippen LogP contribution in [-0.4, -0.2) is 41.0 Å². The number of benzene rings is 1. The largest absolute Gasteiger partial charge is 0.481 e. The van der Waals surface area contributed by atoms with Crippen LogP contribution in [0.4, 0.5) is 0 Å². The summed E-state index contributed by atoms with van der Waals surface area (Å²) in [5.41, 5.74) is 1.83. The van der Waals surface area contributed by atoms with Crippen molar-refractivity contribution in [1.29, 1.82) is 0 Å². The monoisotopic (exact) mass is 290 g/mol. The minimum atomic E-state index is -0.828. The van der Waals surface area contributed by atoms with Crippen LogP contribution in [0.25, 0.3) is 0 Å². The zero-order valence-electron chi connectivity index (χ0n) is 12.3. The van der Waals surface area contributed by atoms with Crippen molar-refractivity contribution in [3.8, 4) is 0 Å². The van der Waals surface area contributed by atoms with E-state index in [0.717, 1.165) is 37.1 Å². The van der Waals surface area contributed by atoms with Crippen molar-refractivity contribution >= 4 is 11.9 Å². The third-order valence-corrected chi connectivity index (χ3v) is 3.78. The molecule has 1 fully saturated rings. The fourth-order valence-corrected chi connectivity index (χ4v) is 2.52. The predicted octanol–water partition coefficient (Wildman–Crippen LogP) is 1.41. The second kappa shape index (κ2) is 7.22. The maximum absolute atomic E-state index is 12.1. The van der Waals surface area contributed by atoms with Crippen molar-refractivity contribution in [3.63, 3.8) is 0 Å². The zero-order valence-corrected chi connectivity index (χ0v) is 12.3. The molecule has 0 radical (unpaired) electrons. The molecule has 1 saturated heterocycles. The lowest BCUT2D eigenvalue weighted by atomic mass is 10.1. The zero-order chi connectivity index (χ0) is 15.2. The third kappa shape index (κ3) is 4.56. The van der Waals surface area contributed by atoms with Crippen molar-refractivity contribution < 1.29 is 14.7 Å². The van der Waals surface area contributed by atoms with Crippen molar-refractivity contribution in [2.24, 2.45) is 0 Å². The number of nitrogens with one attached hydrogen (secondary N) is 1. The molecule has 1 aliphatic heterocycles. The van der Waals surface area contributed by atoms with Crippen molar-refractivity contribution in [2.45, 2.75) is 38.8 Å². The average Bonchev–Trinajstić information content (AvgIpc) is 2.99. The molecule has 21 heavy (non-hydrogen) atoms. The molecule has 2 rings (SSSR count). The lowest BCUT2D eigenvalue weighted by Gasteiger charge is -2.21. The Labute approximate surface area is 125 Å². The van der Waals surface area contributed by atoms with Crippen LogP contribution in [0.15, 0.2) is 24.3 Å². The first-order valence-electron chi connectivity index (χ1n) is 7.38. The van der Waals surface area contributed by atoms with Crippen molar-refractivity contribution in [1.82, 2.24) is 10.2 Å². The first kappa shape index (κ1) is 15.5. The topological polar surface area (TPSA) is 69.6 Å². The van der Waals surface area contributed by atoms with E-state index in [2.05, 4.69) is 5.32 Å². The van der Waals surface area contributed by atoms with E-state index in [0.29, 0.717) is 6.54 Å². The van der Waals surface area contributed by atoms with Crippen LogP contribution < -0.4 is 5.32 Å². The summed E-state index contributed by atoms with van der Waals surface area (Å²) < 4.78 is 0. The lowest BCUT2D eigenvalue weighted by Crippen LogP contribution is -2.43. The molecule has 0 saturated carbocycles. The number of carboxylic acids is 1. The molecule has 0 aromatic heterocycles. The van der Waals surface area contributed by atoms with Crippen LogP contribution in [0.3, 0.4) is 0 Å². The molecule has 114 valence electrons. The SMILES string of the molecule is CC(NCc1ccc(CC(=O)O)cc1)C(=O)N1CCCC1. The number of hydrogen-bond donors (Lipinski definition) is 2. The molecule has 1 heterocycles. The number of carboxylic acid groups (broad SMARTS) is 1. The van der Waals surface area contributed by atoms with Crippen molar-refractivity contribution in [3.05, 3.63) is 35.4 Å². The molecule has 1 atom stereocenters. The van der Waals surface area contributed by atoms with E-state index in [1.807, 2.05) is 36.1 Å². The summed E-state index contributed by atoms with van der Waals surface area (Å²) in [5, 5.41) is 12.0. The van der Waals surface area contributed by atoms with E-state index >= 15 is 0 Å². The number of rotatable bonds is 6. The Balaban J connectivity index is 1.81. The van der Waals surface area contributed by atoms with Gasteiger partial charge in [-0.3, -0.25) is 9.59 Å². The molecule has 5 nitrogen and oxygen atoms in total. The Bertz CT molecular complexity index is 493. The molecular weight excluding hydrogens is 268 g/mol. The highest BCUT2D eigenvalue weighted by atomic mass is 16.4. The van der Waals surface area contributed by atoms with Gasteiger partial charge < -0.3 is 15.3 Å². The number of aliphatic carboxylic acids is 1. The van der Waals surface area contributed by atoms with Gasteiger partial charge in [0.05, 0.1) is 12.5 Å². The highest BCUT2D eigenvalue weighted by Gasteiger charge is 2.22. The van der Waals surface area contributed by atoms with Crippen LogP contribution in [0, 0.1) is 0 Å². The van der Waals surface area contributed by atoms with E-state index in [1.54, 1.807) is 0 Å². The van der Waals surface area contributed by atoms with Crippen LogP contribution >= 0.6 is 0 Å². The van der Waals surface area contributed by atoms with E-state index < -0.39 is 5.97 Å². The molecule has 0 aliphatic carbocycles. The van der Waals surface area contributed by atoms with Gasteiger partial charge in [0.2, 0.25) is 5.91 Å². The normalized spacial score (nSPS) is 16.0. The minimum Gasteiger partial charge on any atom is -0.481 e. The number of amides is 1. The van der Waals surface area contributed by atoms with E-state index in [-0.39, 0.29) is 18.4 Å². The molecule has 0 bridgehead atoms. The quantitative estimate of drug-likeness (QED) is 0.831. The smallest absolute Gasteiger partial charge is 0.307 e. The molecule has 2 N–H and O–H groups in total. The van der Waals surface area contributed by atoms with Gasteiger partial charge in [-0.15, -0.1) is 0 Å². The van der Waals surface area contributed by atoms with Gasteiger partial charge in [0.25, 0.3) is 0 Å².